The van der Waals surface area contributed by atoms with E-state index in [9.17, 15) is 12.8 Å². The van der Waals surface area contributed by atoms with Crippen molar-refractivity contribution < 1.29 is 17.5 Å². The van der Waals surface area contributed by atoms with Crippen LogP contribution in [-0.2, 0) is 16.6 Å². The standard InChI is InChI=1S/C15H16FNO3S/c1-10-3-6-14(15(7-10)21(17,18)19)20-9-12-4-5-13(16)8-11(12)2/h3-8H,9H2,1-2H3,(H2,17,18,19). The van der Waals surface area contributed by atoms with Crippen LogP contribution >= 0.6 is 0 Å². The van der Waals surface area contributed by atoms with Crippen molar-refractivity contribution in [1.82, 2.24) is 0 Å². The molecule has 2 aromatic rings. The van der Waals surface area contributed by atoms with E-state index in [0.717, 1.165) is 16.7 Å². The molecule has 0 aliphatic rings. The Bertz CT molecular complexity index is 772. The van der Waals surface area contributed by atoms with Crippen LogP contribution in [0, 0.1) is 19.7 Å². The zero-order valence-corrected chi connectivity index (χ0v) is 12.6. The second-order valence-electron chi connectivity index (χ2n) is 4.85. The Hall–Kier alpha value is -1.92. The molecule has 0 saturated heterocycles. The van der Waals surface area contributed by atoms with Gasteiger partial charge in [-0.2, -0.15) is 0 Å². The number of rotatable bonds is 4. The lowest BCUT2D eigenvalue weighted by Crippen LogP contribution is -2.14. The van der Waals surface area contributed by atoms with Gasteiger partial charge in [-0.15, -0.1) is 0 Å². The van der Waals surface area contributed by atoms with Crippen molar-refractivity contribution in [3.05, 3.63) is 58.9 Å². The number of benzene rings is 2. The normalized spacial score (nSPS) is 11.4. The second-order valence-corrected chi connectivity index (χ2v) is 6.38. The molecule has 0 aliphatic carbocycles. The van der Waals surface area contributed by atoms with Crippen molar-refractivity contribution in [2.75, 3.05) is 0 Å². The third-order valence-corrected chi connectivity index (χ3v) is 4.03. The van der Waals surface area contributed by atoms with E-state index in [1.807, 2.05) is 0 Å². The highest BCUT2D eigenvalue weighted by Gasteiger charge is 2.15. The van der Waals surface area contributed by atoms with E-state index in [0.29, 0.717) is 0 Å². The van der Waals surface area contributed by atoms with Gasteiger partial charge in [0.25, 0.3) is 0 Å². The summed E-state index contributed by atoms with van der Waals surface area (Å²) in [5, 5.41) is 5.19. The third kappa shape index (κ3) is 3.80. The Labute approximate surface area is 123 Å². The van der Waals surface area contributed by atoms with Gasteiger partial charge in [-0.1, -0.05) is 12.1 Å². The minimum absolute atomic E-state index is 0.0535. The second kappa shape index (κ2) is 5.83. The van der Waals surface area contributed by atoms with Crippen LogP contribution < -0.4 is 9.88 Å². The Morgan fingerprint density at radius 2 is 1.86 bits per heavy atom. The van der Waals surface area contributed by atoms with E-state index in [1.165, 1.54) is 18.2 Å². The Morgan fingerprint density at radius 1 is 1.14 bits per heavy atom. The molecular formula is C15H16FNO3S. The van der Waals surface area contributed by atoms with E-state index in [1.54, 1.807) is 32.0 Å². The minimum Gasteiger partial charge on any atom is -0.487 e. The highest BCUT2D eigenvalue weighted by molar-refractivity contribution is 7.89. The van der Waals surface area contributed by atoms with Gasteiger partial charge in [0, 0.05) is 0 Å². The summed E-state index contributed by atoms with van der Waals surface area (Å²) >= 11 is 0. The van der Waals surface area contributed by atoms with Crippen molar-refractivity contribution in [2.45, 2.75) is 25.3 Å². The van der Waals surface area contributed by atoms with E-state index >= 15 is 0 Å². The lowest BCUT2D eigenvalue weighted by Gasteiger charge is -2.12. The molecule has 4 nitrogen and oxygen atoms in total. The van der Waals surface area contributed by atoms with Crippen LogP contribution in [0.15, 0.2) is 41.3 Å². The molecule has 2 aromatic carbocycles. The van der Waals surface area contributed by atoms with Crippen LogP contribution in [0.1, 0.15) is 16.7 Å². The van der Waals surface area contributed by atoms with Crippen LogP contribution in [0.3, 0.4) is 0 Å². The van der Waals surface area contributed by atoms with Gasteiger partial charge < -0.3 is 4.74 Å². The van der Waals surface area contributed by atoms with Crippen LogP contribution in [0.4, 0.5) is 4.39 Å². The summed E-state index contributed by atoms with van der Waals surface area (Å²) in [4.78, 5) is -0.0535. The molecule has 6 heteroatoms. The quantitative estimate of drug-likeness (QED) is 0.944. The van der Waals surface area contributed by atoms with Gasteiger partial charge in [-0.25, -0.2) is 17.9 Å². The summed E-state index contributed by atoms with van der Waals surface area (Å²) < 4.78 is 41.7. The third-order valence-electron chi connectivity index (χ3n) is 3.09. The molecule has 2 N–H and O–H groups in total. The summed E-state index contributed by atoms with van der Waals surface area (Å²) in [6, 6.07) is 9.10. The summed E-state index contributed by atoms with van der Waals surface area (Å²) in [5.74, 6) is -0.136. The number of primary sulfonamides is 1. The molecule has 0 aliphatic heterocycles. The highest BCUT2D eigenvalue weighted by atomic mass is 32.2. The topological polar surface area (TPSA) is 69.4 Å². The first-order chi connectivity index (χ1) is 9.77. The van der Waals surface area contributed by atoms with E-state index in [-0.39, 0.29) is 23.1 Å². The van der Waals surface area contributed by atoms with Crippen molar-refractivity contribution in [1.29, 1.82) is 0 Å². The fourth-order valence-corrected chi connectivity index (χ4v) is 2.69. The van der Waals surface area contributed by atoms with Crippen LogP contribution in [0.25, 0.3) is 0 Å². The first kappa shape index (κ1) is 15.5. The van der Waals surface area contributed by atoms with Crippen LogP contribution in [0.2, 0.25) is 0 Å². The highest BCUT2D eigenvalue weighted by Crippen LogP contribution is 2.25. The Balaban J connectivity index is 2.28. The molecule has 0 radical (unpaired) electrons. The number of hydrogen-bond acceptors (Lipinski definition) is 3. The molecule has 0 saturated carbocycles. The van der Waals surface area contributed by atoms with Gasteiger partial charge in [0.1, 0.15) is 23.1 Å². The van der Waals surface area contributed by atoms with Gasteiger partial charge in [-0.05, 0) is 54.8 Å². The molecule has 0 fully saturated rings. The SMILES string of the molecule is Cc1ccc(OCc2ccc(F)cc2C)c(S(N)(=O)=O)c1. The smallest absolute Gasteiger partial charge is 0.241 e. The molecule has 0 atom stereocenters. The maximum absolute atomic E-state index is 13.0. The summed E-state index contributed by atoms with van der Waals surface area (Å²) in [6.07, 6.45) is 0. The number of hydrogen-bond donors (Lipinski definition) is 1. The van der Waals surface area contributed by atoms with Crippen LogP contribution in [-0.4, -0.2) is 8.42 Å². The van der Waals surface area contributed by atoms with Gasteiger partial charge in [0.15, 0.2) is 0 Å². The molecule has 0 bridgehead atoms. The number of nitrogens with two attached hydrogens (primary N) is 1. The Morgan fingerprint density at radius 3 is 2.48 bits per heavy atom. The molecule has 0 heterocycles. The summed E-state index contributed by atoms with van der Waals surface area (Å²) in [7, 11) is -3.86. The molecule has 2 rings (SSSR count). The van der Waals surface area contributed by atoms with Crippen molar-refractivity contribution in [2.24, 2.45) is 5.14 Å². The van der Waals surface area contributed by atoms with Gasteiger partial charge in [0.05, 0.1) is 0 Å². The van der Waals surface area contributed by atoms with E-state index in [2.05, 4.69) is 0 Å². The molecular weight excluding hydrogens is 293 g/mol. The monoisotopic (exact) mass is 309 g/mol. The molecule has 0 aromatic heterocycles. The van der Waals surface area contributed by atoms with Crippen molar-refractivity contribution in [3.8, 4) is 5.75 Å². The van der Waals surface area contributed by atoms with E-state index in [4.69, 9.17) is 9.88 Å². The molecule has 0 spiro atoms. The maximum atomic E-state index is 13.0. The molecule has 0 unspecified atom stereocenters. The number of sulfonamides is 1. The molecule has 0 amide bonds. The number of halogens is 1. The van der Waals surface area contributed by atoms with Gasteiger partial charge in [0.2, 0.25) is 10.0 Å². The summed E-state index contributed by atoms with van der Waals surface area (Å²) in [6.45, 7) is 3.66. The van der Waals surface area contributed by atoms with Crippen molar-refractivity contribution >= 4 is 10.0 Å². The molecule has 21 heavy (non-hydrogen) atoms. The van der Waals surface area contributed by atoms with Gasteiger partial charge in [-0.3, -0.25) is 0 Å². The fraction of sp³-hybridized carbons (Fsp3) is 0.200. The lowest BCUT2D eigenvalue weighted by atomic mass is 10.1. The minimum atomic E-state index is -3.86. The average Bonchev–Trinajstić information content (AvgIpc) is 2.38. The number of ether oxygens (including phenoxy) is 1. The predicted octanol–water partition coefficient (Wildman–Crippen LogP) is 2.67. The first-order valence-corrected chi connectivity index (χ1v) is 7.83. The van der Waals surface area contributed by atoms with Crippen molar-refractivity contribution in [3.63, 3.8) is 0 Å². The molecule has 112 valence electrons. The predicted molar refractivity (Wildman–Crippen MR) is 78.0 cm³/mol. The summed E-state index contributed by atoms with van der Waals surface area (Å²) in [5.41, 5.74) is 2.28. The average molecular weight is 309 g/mol. The maximum Gasteiger partial charge on any atom is 0.241 e. The fourth-order valence-electron chi connectivity index (χ4n) is 1.93. The lowest BCUT2D eigenvalue weighted by molar-refractivity contribution is 0.297. The van der Waals surface area contributed by atoms with Gasteiger partial charge >= 0.3 is 0 Å². The number of aryl methyl sites for hydroxylation is 2. The van der Waals surface area contributed by atoms with E-state index < -0.39 is 10.0 Å². The largest absolute Gasteiger partial charge is 0.487 e. The zero-order valence-electron chi connectivity index (χ0n) is 11.8. The zero-order chi connectivity index (χ0) is 15.6. The van der Waals surface area contributed by atoms with Crippen LogP contribution in [0.5, 0.6) is 5.75 Å². The Kier molecular flexibility index (Phi) is 4.29. The first-order valence-electron chi connectivity index (χ1n) is 6.28.